The van der Waals surface area contributed by atoms with Crippen LogP contribution in [-0.4, -0.2) is 49.5 Å². The molecule has 2 amide bonds. The summed E-state index contributed by atoms with van der Waals surface area (Å²) in [7, 11) is 0. The molecule has 2 heterocycles. The Morgan fingerprint density at radius 1 is 1.11 bits per heavy atom. The number of rotatable bonds is 4. The van der Waals surface area contributed by atoms with Gasteiger partial charge in [0.1, 0.15) is 6.04 Å². The molecule has 0 bridgehead atoms. The van der Waals surface area contributed by atoms with Gasteiger partial charge >= 0.3 is 0 Å². The summed E-state index contributed by atoms with van der Waals surface area (Å²) in [4.78, 5) is 27.7. The Hall–Kier alpha value is -2.77. The lowest BCUT2D eigenvalue weighted by Crippen LogP contribution is -2.46. The number of nitrogens with zero attached hydrogens (tertiary/aromatic N) is 5. The lowest BCUT2D eigenvalue weighted by Gasteiger charge is -2.30. The molecule has 2 aliphatic rings. The van der Waals surface area contributed by atoms with Crippen LogP contribution in [0, 0.1) is 12.8 Å². The predicted octanol–water partition coefficient (Wildman–Crippen LogP) is 2.48. The summed E-state index contributed by atoms with van der Waals surface area (Å²) in [5, 5.41) is 14.5. The average Bonchev–Trinajstić information content (AvgIpc) is 3.37. The quantitative estimate of drug-likeness (QED) is 0.877. The van der Waals surface area contributed by atoms with Gasteiger partial charge in [-0.3, -0.25) is 9.59 Å². The van der Waals surface area contributed by atoms with Crippen molar-refractivity contribution in [3.8, 4) is 5.69 Å². The molecule has 0 spiro atoms. The highest BCUT2D eigenvalue weighted by atomic mass is 16.2. The summed E-state index contributed by atoms with van der Waals surface area (Å²) >= 11 is 0. The summed E-state index contributed by atoms with van der Waals surface area (Å²) in [5.74, 6) is 0.805. The Balaban J connectivity index is 1.45. The fraction of sp³-hybridized carbons (Fsp3) is 0.550. The molecule has 1 aliphatic carbocycles. The van der Waals surface area contributed by atoms with E-state index < -0.39 is 0 Å². The molecule has 148 valence electrons. The van der Waals surface area contributed by atoms with Gasteiger partial charge in [0.15, 0.2) is 5.82 Å². The summed E-state index contributed by atoms with van der Waals surface area (Å²) in [5.41, 5.74) is 1.45. The van der Waals surface area contributed by atoms with E-state index in [1.807, 2.05) is 31.2 Å². The molecule has 28 heavy (non-hydrogen) atoms. The number of anilines is 1. The number of nitrogens with one attached hydrogen (secondary N) is 1. The van der Waals surface area contributed by atoms with Crippen molar-refractivity contribution in [2.75, 3.05) is 11.9 Å². The van der Waals surface area contributed by atoms with Crippen molar-refractivity contribution < 1.29 is 9.59 Å². The lowest BCUT2D eigenvalue weighted by atomic mass is 9.88. The van der Waals surface area contributed by atoms with Crippen LogP contribution in [0.25, 0.3) is 5.69 Å². The Kier molecular flexibility index (Phi) is 5.36. The minimum Gasteiger partial charge on any atom is -0.330 e. The Labute approximate surface area is 164 Å². The summed E-state index contributed by atoms with van der Waals surface area (Å²) in [6.45, 7) is 2.50. The van der Waals surface area contributed by atoms with Crippen molar-refractivity contribution in [1.29, 1.82) is 0 Å². The van der Waals surface area contributed by atoms with E-state index >= 15 is 0 Å². The molecule has 1 atom stereocenters. The van der Waals surface area contributed by atoms with Gasteiger partial charge < -0.3 is 10.2 Å². The van der Waals surface area contributed by atoms with Gasteiger partial charge in [0.05, 0.1) is 5.69 Å². The average molecular weight is 382 g/mol. The Morgan fingerprint density at radius 2 is 1.93 bits per heavy atom. The van der Waals surface area contributed by atoms with Gasteiger partial charge in [-0.05, 0) is 61.2 Å². The van der Waals surface area contributed by atoms with Gasteiger partial charge in [-0.1, -0.05) is 25.3 Å². The predicted molar refractivity (Wildman–Crippen MR) is 104 cm³/mol. The highest BCUT2D eigenvalue weighted by molar-refractivity contribution is 5.98. The van der Waals surface area contributed by atoms with E-state index in [0.29, 0.717) is 18.1 Å². The molecular formula is C20H26N6O2. The zero-order valence-electron chi connectivity index (χ0n) is 16.2. The molecule has 1 aromatic carbocycles. The molecule has 1 N–H and O–H groups in total. The second kappa shape index (κ2) is 8.08. The van der Waals surface area contributed by atoms with Crippen LogP contribution in [0.15, 0.2) is 24.3 Å². The van der Waals surface area contributed by atoms with E-state index in [1.54, 1.807) is 9.58 Å². The number of carbonyl (C=O) groups excluding carboxylic acids is 2. The van der Waals surface area contributed by atoms with E-state index in [-0.39, 0.29) is 23.8 Å². The van der Waals surface area contributed by atoms with Crippen molar-refractivity contribution in [1.82, 2.24) is 25.1 Å². The first kappa shape index (κ1) is 18.6. The minimum atomic E-state index is -0.382. The number of hydrogen-bond donors (Lipinski definition) is 1. The number of carbonyl (C=O) groups is 2. The second-order valence-electron chi connectivity index (χ2n) is 7.70. The minimum absolute atomic E-state index is 0.0910. The fourth-order valence-electron chi connectivity index (χ4n) is 4.30. The van der Waals surface area contributed by atoms with Crippen LogP contribution >= 0.6 is 0 Å². The third-order valence-electron chi connectivity index (χ3n) is 5.78. The van der Waals surface area contributed by atoms with E-state index in [0.717, 1.165) is 44.2 Å². The van der Waals surface area contributed by atoms with E-state index in [9.17, 15) is 9.59 Å². The maximum absolute atomic E-state index is 12.9. The zero-order chi connectivity index (χ0) is 19.5. The molecule has 4 rings (SSSR count). The largest absolute Gasteiger partial charge is 0.330 e. The first-order chi connectivity index (χ1) is 13.6. The van der Waals surface area contributed by atoms with Crippen molar-refractivity contribution >= 4 is 17.5 Å². The maximum atomic E-state index is 12.9. The number of tetrazole rings is 1. The van der Waals surface area contributed by atoms with Crippen LogP contribution in [0.4, 0.5) is 5.69 Å². The van der Waals surface area contributed by atoms with Gasteiger partial charge in [0.25, 0.3) is 0 Å². The number of amides is 2. The summed E-state index contributed by atoms with van der Waals surface area (Å²) in [6.07, 6.45) is 6.95. The molecule has 8 heteroatoms. The van der Waals surface area contributed by atoms with Gasteiger partial charge in [0, 0.05) is 18.2 Å². The molecule has 1 aromatic heterocycles. The Morgan fingerprint density at radius 3 is 2.68 bits per heavy atom. The highest BCUT2D eigenvalue weighted by Crippen LogP contribution is 2.29. The van der Waals surface area contributed by atoms with Gasteiger partial charge in [-0.15, -0.1) is 5.10 Å². The van der Waals surface area contributed by atoms with Gasteiger partial charge in [-0.25, -0.2) is 0 Å². The third kappa shape index (κ3) is 3.76. The maximum Gasteiger partial charge on any atom is 0.247 e. The molecule has 0 radical (unpaired) electrons. The number of aromatic nitrogens is 4. The van der Waals surface area contributed by atoms with Crippen LogP contribution in [0.3, 0.4) is 0 Å². The number of hydrogen-bond acceptors (Lipinski definition) is 5. The summed E-state index contributed by atoms with van der Waals surface area (Å²) < 4.78 is 1.62. The van der Waals surface area contributed by atoms with Crippen LogP contribution in [0.2, 0.25) is 0 Å². The van der Waals surface area contributed by atoms with Gasteiger partial charge in [-0.2, -0.15) is 4.68 Å². The van der Waals surface area contributed by atoms with Crippen molar-refractivity contribution in [3.05, 3.63) is 30.1 Å². The zero-order valence-corrected chi connectivity index (χ0v) is 16.2. The normalized spacial score (nSPS) is 20.3. The monoisotopic (exact) mass is 382 g/mol. The number of likely N-dealkylation sites (tertiary alicyclic amines) is 1. The number of benzene rings is 1. The van der Waals surface area contributed by atoms with Crippen LogP contribution in [0.5, 0.6) is 0 Å². The van der Waals surface area contributed by atoms with E-state index in [2.05, 4.69) is 20.8 Å². The SMILES string of the molecule is Cc1nnnn1-c1cccc(NC(=O)C2CCCN2C(=O)C2CCCCC2)c1. The molecule has 8 nitrogen and oxygen atoms in total. The first-order valence-corrected chi connectivity index (χ1v) is 10.1. The van der Waals surface area contributed by atoms with Gasteiger partial charge in [0.2, 0.25) is 11.8 Å². The molecule has 1 saturated carbocycles. The van der Waals surface area contributed by atoms with E-state index in [1.165, 1.54) is 6.42 Å². The second-order valence-corrected chi connectivity index (χ2v) is 7.70. The topological polar surface area (TPSA) is 93.0 Å². The smallest absolute Gasteiger partial charge is 0.247 e. The van der Waals surface area contributed by atoms with Crippen molar-refractivity contribution in [2.24, 2.45) is 5.92 Å². The summed E-state index contributed by atoms with van der Waals surface area (Å²) in [6, 6.07) is 7.03. The molecule has 2 aromatic rings. The van der Waals surface area contributed by atoms with Crippen LogP contribution < -0.4 is 5.32 Å². The fourth-order valence-corrected chi connectivity index (χ4v) is 4.30. The lowest BCUT2D eigenvalue weighted by molar-refractivity contribution is -0.141. The first-order valence-electron chi connectivity index (χ1n) is 10.1. The molecule has 1 saturated heterocycles. The molecular weight excluding hydrogens is 356 g/mol. The molecule has 1 unspecified atom stereocenters. The van der Waals surface area contributed by atoms with E-state index in [4.69, 9.17) is 0 Å². The highest BCUT2D eigenvalue weighted by Gasteiger charge is 2.37. The standard InChI is InChI=1S/C20H26N6O2/c1-14-22-23-24-26(14)17-10-5-9-16(13-17)21-19(27)18-11-6-12-25(18)20(28)15-7-3-2-4-8-15/h5,9-10,13,15,18H,2-4,6-8,11-12H2,1H3,(H,21,27). The van der Waals surface area contributed by atoms with Crippen molar-refractivity contribution in [2.45, 2.75) is 57.9 Å². The molecule has 2 fully saturated rings. The molecule has 1 aliphatic heterocycles. The van der Waals surface area contributed by atoms with Crippen molar-refractivity contribution in [3.63, 3.8) is 0 Å². The van der Waals surface area contributed by atoms with Crippen LogP contribution in [0.1, 0.15) is 50.8 Å². The van der Waals surface area contributed by atoms with Crippen LogP contribution in [-0.2, 0) is 9.59 Å². The Bertz CT molecular complexity index is 858. The number of aryl methyl sites for hydroxylation is 1. The third-order valence-corrected chi connectivity index (χ3v) is 5.78.